The molecule has 0 bridgehead atoms. The van der Waals surface area contributed by atoms with Crippen molar-refractivity contribution in [3.8, 4) is 0 Å². The van der Waals surface area contributed by atoms with Gasteiger partial charge in [0.1, 0.15) is 0 Å². The fourth-order valence-electron chi connectivity index (χ4n) is 2.57. The number of hydrogen-bond donors (Lipinski definition) is 1. The van der Waals surface area contributed by atoms with Gasteiger partial charge >= 0.3 is 0 Å². The molecule has 2 heterocycles. The van der Waals surface area contributed by atoms with Gasteiger partial charge in [0.25, 0.3) is 0 Å². The van der Waals surface area contributed by atoms with E-state index in [0.29, 0.717) is 12.0 Å². The van der Waals surface area contributed by atoms with Crippen LogP contribution in [0.2, 0.25) is 0 Å². The average Bonchev–Trinajstić information content (AvgIpc) is 2.83. The highest BCUT2D eigenvalue weighted by atomic mass is 16.7. The molecule has 1 atom stereocenters. The second kappa shape index (κ2) is 6.55. The minimum absolute atomic E-state index is 0.00638. The molecule has 94 valence electrons. The SMILES string of the molecule is CCNC(CC1OCCO1)C1CCOCC1. The molecule has 16 heavy (non-hydrogen) atoms. The summed E-state index contributed by atoms with van der Waals surface area (Å²) in [6, 6.07) is 0.511. The van der Waals surface area contributed by atoms with Crippen LogP contribution in [0.25, 0.3) is 0 Å². The predicted molar refractivity (Wildman–Crippen MR) is 61.3 cm³/mol. The van der Waals surface area contributed by atoms with Crippen molar-refractivity contribution in [1.82, 2.24) is 5.32 Å². The van der Waals surface area contributed by atoms with Gasteiger partial charge in [0.05, 0.1) is 13.2 Å². The summed E-state index contributed by atoms with van der Waals surface area (Å²) in [4.78, 5) is 0. The van der Waals surface area contributed by atoms with Gasteiger partial charge in [-0.1, -0.05) is 6.92 Å². The number of nitrogens with one attached hydrogen (secondary N) is 1. The van der Waals surface area contributed by atoms with Crippen LogP contribution in [0.1, 0.15) is 26.2 Å². The largest absolute Gasteiger partial charge is 0.381 e. The van der Waals surface area contributed by atoms with Gasteiger partial charge in [-0.05, 0) is 25.3 Å². The van der Waals surface area contributed by atoms with Crippen LogP contribution >= 0.6 is 0 Å². The minimum atomic E-state index is 0.00638. The Morgan fingerprint density at radius 1 is 1.12 bits per heavy atom. The first-order valence-electron chi connectivity index (χ1n) is 6.44. The maximum absolute atomic E-state index is 5.53. The topological polar surface area (TPSA) is 39.7 Å². The van der Waals surface area contributed by atoms with Crippen LogP contribution in [0.3, 0.4) is 0 Å². The highest BCUT2D eigenvalue weighted by molar-refractivity contribution is 4.79. The third-order valence-electron chi connectivity index (χ3n) is 3.44. The van der Waals surface area contributed by atoms with E-state index in [4.69, 9.17) is 14.2 Å². The summed E-state index contributed by atoms with van der Waals surface area (Å²) in [7, 11) is 0. The Hall–Kier alpha value is -0.160. The van der Waals surface area contributed by atoms with Gasteiger partial charge in [0.15, 0.2) is 6.29 Å². The number of rotatable bonds is 5. The molecule has 0 aromatic heterocycles. The quantitative estimate of drug-likeness (QED) is 0.768. The Morgan fingerprint density at radius 3 is 2.44 bits per heavy atom. The first kappa shape index (κ1) is 12.3. The van der Waals surface area contributed by atoms with Crippen molar-refractivity contribution in [3.05, 3.63) is 0 Å². The summed E-state index contributed by atoms with van der Waals surface area (Å²) in [5.41, 5.74) is 0. The van der Waals surface area contributed by atoms with Gasteiger partial charge < -0.3 is 19.5 Å². The minimum Gasteiger partial charge on any atom is -0.381 e. The lowest BCUT2D eigenvalue weighted by molar-refractivity contribution is -0.0609. The lowest BCUT2D eigenvalue weighted by Gasteiger charge is -2.32. The van der Waals surface area contributed by atoms with E-state index in [-0.39, 0.29) is 6.29 Å². The summed E-state index contributed by atoms with van der Waals surface area (Å²) in [6.45, 7) is 6.46. The molecule has 1 N–H and O–H groups in total. The van der Waals surface area contributed by atoms with Crippen LogP contribution in [0.15, 0.2) is 0 Å². The predicted octanol–water partition coefficient (Wildman–Crippen LogP) is 1.15. The van der Waals surface area contributed by atoms with Crippen molar-refractivity contribution in [2.45, 2.75) is 38.5 Å². The zero-order valence-corrected chi connectivity index (χ0v) is 10.1. The Bertz CT molecular complexity index is 189. The summed E-state index contributed by atoms with van der Waals surface area (Å²) in [5.74, 6) is 0.710. The molecule has 0 aliphatic carbocycles. The smallest absolute Gasteiger partial charge is 0.159 e. The standard InChI is InChI=1S/C12H23NO3/c1-2-13-11(9-12-15-7-8-16-12)10-3-5-14-6-4-10/h10-13H,2-9H2,1H3. The normalized spacial score (nSPS) is 26.1. The van der Waals surface area contributed by atoms with Crippen LogP contribution in [0.5, 0.6) is 0 Å². The van der Waals surface area contributed by atoms with E-state index in [1.54, 1.807) is 0 Å². The average molecular weight is 229 g/mol. The van der Waals surface area contributed by atoms with Gasteiger partial charge in [-0.15, -0.1) is 0 Å². The Morgan fingerprint density at radius 2 is 1.81 bits per heavy atom. The fraction of sp³-hybridized carbons (Fsp3) is 1.00. The van der Waals surface area contributed by atoms with Gasteiger partial charge in [-0.25, -0.2) is 0 Å². The van der Waals surface area contributed by atoms with Gasteiger partial charge in [0.2, 0.25) is 0 Å². The van der Waals surface area contributed by atoms with Gasteiger partial charge in [-0.3, -0.25) is 0 Å². The van der Waals surface area contributed by atoms with E-state index in [0.717, 1.165) is 52.2 Å². The lowest BCUT2D eigenvalue weighted by Crippen LogP contribution is -2.41. The Kier molecular flexibility index (Phi) is 5.03. The van der Waals surface area contributed by atoms with Crippen LogP contribution in [0.4, 0.5) is 0 Å². The van der Waals surface area contributed by atoms with E-state index in [9.17, 15) is 0 Å². The fourth-order valence-corrected chi connectivity index (χ4v) is 2.57. The Balaban J connectivity index is 1.82. The van der Waals surface area contributed by atoms with Crippen molar-refractivity contribution in [2.24, 2.45) is 5.92 Å². The van der Waals surface area contributed by atoms with Crippen molar-refractivity contribution in [3.63, 3.8) is 0 Å². The summed E-state index contributed by atoms with van der Waals surface area (Å²) < 4.78 is 16.5. The summed E-state index contributed by atoms with van der Waals surface area (Å²) in [6.07, 6.45) is 3.29. The molecule has 0 saturated carbocycles. The summed E-state index contributed by atoms with van der Waals surface area (Å²) >= 11 is 0. The monoisotopic (exact) mass is 229 g/mol. The molecular weight excluding hydrogens is 206 g/mol. The first-order chi connectivity index (χ1) is 7.90. The molecule has 4 nitrogen and oxygen atoms in total. The Labute approximate surface area is 97.6 Å². The molecule has 0 spiro atoms. The molecule has 4 heteroatoms. The molecule has 2 fully saturated rings. The number of hydrogen-bond acceptors (Lipinski definition) is 4. The second-order valence-electron chi connectivity index (χ2n) is 4.52. The molecule has 0 radical (unpaired) electrons. The molecule has 2 rings (SSSR count). The second-order valence-corrected chi connectivity index (χ2v) is 4.52. The van der Waals surface area contributed by atoms with Crippen LogP contribution in [0, 0.1) is 5.92 Å². The van der Waals surface area contributed by atoms with Gasteiger partial charge in [-0.2, -0.15) is 0 Å². The molecule has 2 aliphatic rings. The highest BCUT2D eigenvalue weighted by Gasteiger charge is 2.28. The molecule has 0 aromatic carbocycles. The van der Waals surface area contributed by atoms with E-state index in [1.165, 1.54) is 0 Å². The van der Waals surface area contributed by atoms with E-state index >= 15 is 0 Å². The van der Waals surface area contributed by atoms with Crippen molar-refractivity contribution < 1.29 is 14.2 Å². The number of ether oxygens (including phenoxy) is 3. The first-order valence-corrected chi connectivity index (χ1v) is 6.44. The van der Waals surface area contributed by atoms with Crippen LogP contribution < -0.4 is 5.32 Å². The zero-order valence-electron chi connectivity index (χ0n) is 10.1. The zero-order chi connectivity index (χ0) is 11.2. The van der Waals surface area contributed by atoms with E-state index < -0.39 is 0 Å². The van der Waals surface area contributed by atoms with E-state index in [1.807, 2.05) is 0 Å². The van der Waals surface area contributed by atoms with Crippen LogP contribution in [-0.2, 0) is 14.2 Å². The molecule has 2 saturated heterocycles. The highest BCUT2D eigenvalue weighted by Crippen LogP contribution is 2.23. The molecule has 0 aromatic rings. The van der Waals surface area contributed by atoms with Crippen molar-refractivity contribution >= 4 is 0 Å². The lowest BCUT2D eigenvalue weighted by atomic mass is 9.89. The maximum atomic E-state index is 5.53. The molecule has 2 aliphatic heterocycles. The third-order valence-corrected chi connectivity index (χ3v) is 3.44. The van der Waals surface area contributed by atoms with Crippen molar-refractivity contribution in [1.29, 1.82) is 0 Å². The maximum Gasteiger partial charge on any atom is 0.159 e. The molecule has 0 amide bonds. The third kappa shape index (κ3) is 3.42. The molecule has 1 unspecified atom stereocenters. The van der Waals surface area contributed by atoms with Gasteiger partial charge in [0, 0.05) is 25.7 Å². The van der Waals surface area contributed by atoms with Crippen LogP contribution in [-0.4, -0.2) is 45.3 Å². The summed E-state index contributed by atoms with van der Waals surface area (Å²) in [5, 5.41) is 3.56. The van der Waals surface area contributed by atoms with Crippen molar-refractivity contribution in [2.75, 3.05) is 33.0 Å². The van der Waals surface area contributed by atoms with E-state index in [2.05, 4.69) is 12.2 Å². The molecular formula is C12H23NO3.